The molecule has 0 heterocycles. The van der Waals surface area contributed by atoms with Crippen molar-refractivity contribution in [3.8, 4) is 0 Å². The maximum atomic E-state index is 12.7. The van der Waals surface area contributed by atoms with Gasteiger partial charge in [0.2, 0.25) is 0 Å². The van der Waals surface area contributed by atoms with Crippen LogP contribution in [0.3, 0.4) is 0 Å². The number of methoxy groups -OCH3 is 1. The van der Waals surface area contributed by atoms with Crippen molar-refractivity contribution in [2.75, 3.05) is 7.11 Å². The SMILES string of the molecule is COC(=O)c1c([Si](C)(C)C(C)(C)C)cc([Si](C)(C)C(C)(C)C)c(Cl)c1C. The van der Waals surface area contributed by atoms with Crippen LogP contribution in [-0.2, 0) is 4.74 Å². The Morgan fingerprint density at radius 2 is 1.31 bits per heavy atom. The molecule has 26 heavy (non-hydrogen) atoms. The van der Waals surface area contributed by atoms with E-state index in [2.05, 4.69) is 73.8 Å². The fourth-order valence-electron chi connectivity index (χ4n) is 2.91. The van der Waals surface area contributed by atoms with Crippen molar-refractivity contribution in [3.63, 3.8) is 0 Å². The first-order chi connectivity index (χ1) is 11.4. The van der Waals surface area contributed by atoms with Gasteiger partial charge in [-0.1, -0.05) is 85.4 Å². The standard InChI is InChI=1S/C21H37ClO2Si2/c1-14-17(19(23)24-8)15(25(9,10)20(2,3)4)13-16(18(14)22)26(11,12)21(5,6)7/h13H,1-12H3. The van der Waals surface area contributed by atoms with E-state index in [9.17, 15) is 4.79 Å². The van der Waals surface area contributed by atoms with Gasteiger partial charge in [0.15, 0.2) is 0 Å². The number of hydrogen-bond acceptors (Lipinski definition) is 2. The maximum Gasteiger partial charge on any atom is 0.338 e. The van der Waals surface area contributed by atoms with Crippen LogP contribution in [0.1, 0.15) is 57.5 Å². The third-order valence-electron chi connectivity index (χ3n) is 6.98. The first-order valence-electron chi connectivity index (χ1n) is 9.33. The Labute approximate surface area is 167 Å². The Hall–Kier alpha value is -0.586. The zero-order valence-corrected chi connectivity index (χ0v) is 21.5. The summed E-state index contributed by atoms with van der Waals surface area (Å²) in [6, 6.07) is 2.27. The fourth-order valence-corrected chi connectivity index (χ4v) is 8.19. The predicted octanol–water partition coefficient (Wildman–Crippen LogP) is 5.87. The highest BCUT2D eigenvalue weighted by molar-refractivity contribution is 6.96. The van der Waals surface area contributed by atoms with Crippen LogP contribution in [0.2, 0.25) is 41.3 Å². The third-order valence-corrected chi connectivity index (χ3v) is 18.6. The summed E-state index contributed by atoms with van der Waals surface area (Å²) in [5, 5.41) is 3.47. The summed E-state index contributed by atoms with van der Waals surface area (Å²) in [7, 11) is -2.37. The van der Waals surface area contributed by atoms with E-state index in [1.165, 1.54) is 17.5 Å². The molecule has 0 atom stereocenters. The van der Waals surface area contributed by atoms with Gasteiger partial charge in [-0.25, -0.2) is 4.79 Å². The monoisotopic (exact) mass is 412 g/mol. The molecule has 0 aromatic heterocycles. The molecule has 0 aliphatic carbocycles. The van der Waals surface area contributed by atoms with Crippen molar-refractivity contribution in [1.82, 2.24) is 0 Å². The van der Waals surface area contributed by atoms with Gasteiger partial charge in [0.05, 0.1) is 28.8 Å². The van der Waals surface area contributed by atoms with Crippen LogP contribution in [-0.4, -0.2) is 29.2 Å². The van der Waals surface area contributed by atoms with E-state index in [4.69, 9.17) is 16.3 Å². The zero-order valence-electron chi connectivity index (χ0n) is 18.8. The number of rotatable bonds is 3. The molecule has 0 fully saturated rings. The van der Waals surface area contributed by atoms with Crippen LogP contribution in [0.15, 0.2) is 6.07 Å². The number of ether oxygens (including phenoxy) is 1. The highest BCUT2D eigenvalue weighted by Crippen LogP contribution is 2.40. The molecule has 1 aromatic rings. The predicted molar refractivity (Wildman–Crippen MR) is 121 cm³/mol. The summed E-state index contributed by atoms with van der Waals surface area (Å²) in [5.74, 6) is -0.272. The Morgan fingerprint density at radius 1 is 0.923 bits per heavy atom. The highest BCUT2D eigenvalue weighted by atomic mass is 35.5. The lowest BCUT2D eigenvalue weighted by Gasteiger charge is -2.42. The number of halogens is 1. The topological polar surface area (TPSA) is 26.3 Å². The second-order valence-corrected chi connectivity index (χ2v) is 21.5. The Morgan fingerprint density at radius 3 is 1.65 bits per heavy atom. The quantitative estimate of drug-likeness (QED) is 0.458. The largest absolute Gasteiger partial charge is 0.465 e. The average Bonchev–Trinajstić information content (AvgIpc) is 2.46. The number of esters is 1. The second kappa shape index (κ2) is 7.10. The van der Waals surface area contributed by atoms with Crippen LogP contribution < -0.4 is 10.4 Å². The second-order valence-electron chi connectivity index (χ2n) is 10.5. The first-order valence-corrected chi connectivity index (χ1v) is 15.7. The lowest BCUT2D eigenvalue weighted by atomic mass is 10.1. The van der Waals surface area contributed by atoms with E-state index in [1.807, 2.05) is 6.92 Å². The van der Waals surface area contributed by atoms with Gasteiger partial charge < -0.3 is 4.74 Å². The normalized spacial score (nSPS) is 13.7. The molecule has 1 rings (SSSR count). The van der Waals surface area contributed by atoms with Crippen molar-refractivity contribution < 1.29 is 9.53 Å². The molecule has 0 aliphatic rings. The van der Waals surface area contributed by atoms with Crippen molar-refractivity contribution >= 4 is 44.1 Å². The molecule has 1 aromatic carbocycles. The Bertz CT molecular complexity index is 708. The van der Waals surface area contributed by atoms with E-state index < -0.39 is 16.1 Å². The molecule has 0 amide bonds. The van der Waals surface area contributed by atoms with E-state index in [0.29, 0.717) is 5.56 Å². The molecular formula is C21H37ClO2Si2. The van der Waals surface area contributed by atoms with E-state index >= 15 is 0 Å². The summed E-state index contributed by atoms with van der Waals surface area (Å²) < 4.78 is 5.15. The van der Waals surface area contributed by atoms with Crippen LogP contribution in [0.25, 0.3) is 0 Å². The molecule has 0 aliphatic heterocycles. The molecule has 2 nitrogen and oxygen atoms in total. The van der Waals surface area contributed by atoms with E-state index in [-0.39, 0.29) is 16.0 Å². The van der Waals surface area contributed by atoms with Crippen LogP contribution >= 0.6 is 11.6 Å². The van der Waals surface area contributed by atoms with Gasteiger partial charge in [-0.05, 0) is 32.9 Å². The number of benzene rings is 1. The van der Waals surface area contributed by atoms with Gasteiger partial charge in [-0.3, -0.25) is 0 Å². The van der Waals surface area contributed by atoms with Gasteiger partial charge in [-0.15, -0.1) is 0 Å². The van der Waals surface area contributed by atoms with Crippen LogP contribution in [0.5, 0.6) is 0 Å². The van der Waals surface area contributed by atoms with Crippen molar-refractivity contribution in [2.45, 2.75) is 84.7 Å². The average molecular weight is 413 g/mol. The first kappa shape index (κ1) is 23.5. The molecular weight excluding hydrogens is 376 g/mol. The van der Waals surface area contributed by atoms with Gasteiger partial charge in [0, 0.05) is 5.02 Å². The molecule has 148 valence electrons. The van der Waals surface area contributed by atoms with Crippen LogP contribution in [0, 0.1) is 6.92 Å². The van der Waals surface area contributed by atoms with Gasteiger partial charge in [0.1, 0.15) is 0 Å². The number of carbonyl (C=O) groups is 1. The Kier molecular flexibility index (Phi) is 6.41. The number of hydrogen-bond donors (Lipinski definition) is 0. The summed E-state index contributed by atoms with van der Waals surface area (Å²) in [5.41, 5.74) is 1.56. The molecule has 0 saturated heterocycles. The molecule has 0 bridgehead atoms. The zero-order chi connectivity index (χ0) is 20.9. The van der Waals surface area contributed by atoms with Gasteiger partial charge >= 0.3 is 5.97 Å². The minimum absolute atomic E-state index is 0.112. The smallest absolute Gasteiger partial charge is 0.338 e. The molecule has 0 radical (unpaired) electrons. The van der Waals surface area contributed by atoms with E-state index in [0.717, 1.165) is 10.6 Å². The Balaban J connectivity index is 4.03. The molecule has 5 heteroatoms. The van der Waals surface area contributed by atoms with Crippen molar-refractivity contribution in [3.05, 3.63) is 22.2 Å². The van der Waals surface area contributed by atoms with Crippen molar-refractivity contribution in [2.24, 2.45) is 0 Å². The van der Waals surface area contributed by atoms with E-state index in [1.54, 1.807) is 0 Å². The lowest BCUT2D eigenvalue weighted by molar-refractivity contribution is 0.0601. The minimum atomic E-state index is -1.97. The highest BCUT2D eigenvalue weighted by Gasteiger charge is 2.44. The van der Waals surface area contributed by atoms with Crippen LogP contribution in [0.4, 0.5) is 0 Å². The number of carbonyl (C=O) groups excluding carboxylic acids is 1. The molecule has 0 saturated carbocycles. The molecule has 0 N–H and O–H groups in total. The molecule has 0 unspecified atom stereocenters. The summed E-state index contributed by atoms with van der Waals surface area (Å²) >= 11 is 6.87. The molecule has 0 spiro atoms. The lowest BCUT2D eigenvalue weighted by Crippen LogP contribution is -2.57. The summed E-state index contributed by atoms with van der Waals surface area (Å²) in [6.45, 7) is 25.1. The minimum Gasteiger partial charge on any atom is -0.465 e. The summed E-state index contributed by atoms with van der Waals surface area (Å²) in [6.07, 6.45) is 0. The fraction of sp³-hybridized carbons (Fsp3) is 0.667. The van der Waals surface area contributed by atoms with Gasteiger partial charge in [0.25, 0.3) is 0 Å². The maximum absolute atomic E-state index is 12.7. The van der Waals surface area contributed by atoms with Gasteiger partial charge in [-0.2, -0.15) is 0 Å². The summed E-state index contributed by atoms with van der Waals surface area (Å²) in [4.78, 5) is 12.7. The van der Waals surface area contributed by atoms with Crippen molar-refractivity contribution in [1.29, 1.82) is 0 Å². The third kappa shape index (κ3) is 3.83.